The van der Waals surface area contributed by atoms with Crippen LogP contribution in [-0.2, 0) is 34.8 Å². The van der Waals surface area contributed by atoms with Crippen molar-refractivity contribution in [3.63, 3.8) is 0 Å². The summed E-state index contributed by atoms with van der Waals surface area (Å²) in [6.07, 6.45) is 6.14. The van der Waals surface area contributed by atoms with Gasteiger partial charge in [0.05, 0.1) is 31.0 Å². The lowest BCUT2D eigenvalue weighted by Gasteiger charge is -2.34. The molecule has 7 N–H and O–H groups in total. The average Bonchev–Trinajstić information content (AvgIpc) is 3.21. The molecule has 0 saturated heterocycles. The molecule has 0 radical (unpaired) electrons. The predicted octanol–water partition coefficient (Wildman–Crippen LogP) is 4.53. The van der Waals surface area contributed by atoms with Gasteiger partial charge in [-0.05, 0) is 54.2 Å². The quantitative estimate of drug-likeness (QED) is 0.0697. The van der Waals surface area contributed by atoms with Crippen LogP contribution in [0.15, 0.2) is 66.9 Å². The molecule has 0 bridgehead atoms. The largest absolute Gasteiger partial charge is 0.483 e. The molecule has 3 aromatic rings. The summed E-state index contributed by atoms with van der Waals surface area (Å²) in [5, 5.41) is 24.6. The van der Waals surface area contributed by atoms with Crippen molar-refractivity contribution < 1.29 is 47.9 Å². The van der Waals surface area contributed by atoms with E-state index in [1.807, 2.05) is 64.1 Å². The van der Waals surface area contributed by atoms with Gasteiger partial charge in [-0.25, -0.2) is 4.57 Å². The summed E-state index contributed by atoms with van der Waals surface area (Å²) in [7, 11) is -5.05. The van der Waals surface area contributed by atoms with E-state index in [1.165, 1.54) is 0 Å². The van der Waals surface area contributed by atoms with Crippen LogP contribution in [0.3, 0.4) is 0 Å². The number of hydrogen-bond acceptors (Lipinski definition) is 9. The summed E-state index contributed by atoms with van der Waals surface area (Å²) in [6, 6.07) is 14.9. The second-order valence-electron chi connectivity index (χ2n) is 15.6. The van der Waals surface area contributed by atoms with Crippen molar-refractivity contribution in [3.05, 3.63) is 72.6 Å². The number of aliphatic hydroxyl groups is 1. The maximum Gasteiger partial charge on any atom is 0.469 e. The van der Waals surface area contributed by atoms with Gasteiger partial charge in [0.15, 0.2) is 6.61 Å². The van der Waals surface area contributed by atoms with Crippen LogP contribution in [-0.4, -0.2) is 80.9 Å². The molecular formula is C42H60N5O10P. The SMILES string of the molecule is CC[C@H](C)[C@H](NC(=O)[C@@H](C[C@H](O)[C@H](CC1CCCCC1)NC(=O)[C@H](COP(=O)(O)O)NC(=O)COc1cccc2ccccc12)C(C)C)C(=O)NCc1ccccn1. The van der Waals surface area contributed by atoms with Crippen LogP contribution in [0.4, 0.5) is 0 Å². The van der Waals surface area contributed by atoms with E-state index < -0.39 is 68.9 Å². The molecule has 1 saturated carbocycles. The molecule has 1 aliphatic rings. The molecule has 2 aromatic carbocycles. The molecule has 318 valence electrons. The second kappa shape index (κ2) is 22.7. The molecule has 16 heteroatoms. The average molecular weight is 826 g/mol. The molecular weight excluding hydrogens is 765 g/mol. The number of hydrogen-bond donors (Lipinski definition) is 7. The van der Waals surface area contributed by atoms with E-state index in [1.54, 1.807) is 30.5 Å². The van der Waals surface area contributed by atoms with Gasteiger partial charge in [0, 0.05) is 17.5 Å². The Hall–Kier alpha value is -4.40. The third kappa shape index (κ3) is 14.8. The summed E-state index contributed by atoms with van der Waals surface area (Å²) in [5.74, 6) is -2.98. The molecule has 1 aromatic heterocycles. The summed E-state index contributed by atoms with van der Waals surface area (Å²) in [6.45, 7) is 6.31. The molecule has 6 atom stereocenters. The fourth-order valence-corrected chi connectivity index (χ4v) is 7.64. The van der Waals surface area contributed by atoms with E-state index in [2.05, 4.69) is 30.8 Å². The Morgan fingerprint density at radius 2 is 1.59 bits per heavy atom. The number of amides is 4. The summed E-state index contributed by atoms with van der Waals surface area (Å²) in [4.78, 5) is 77.6. The highest BCUT2D eigenvalue weighted by atomic mass is 31.2. The Morgan fingerprint density at radius 3 is 2.26 bits per heavy atom. The maximum atomic E-state index is 14.0. The zero-order valence-electron chi connectivity index (χ0n) is 33.8. The van der Waals surface area contributed by atoms with E-state index >= 15 is 0 Å². The first-order valence-electron chi connectivity index (χ1n) is 20.2. The number of nitrogens with one attached hydrogen (secondary N) is 4. The zero-order valence-corrected chi connectivity index (χ0v) is 34.7. The summed E-state index contributed by atoms with van der Waals surface area (Å²) in [5.41, 5.74) is 0.670. The van der Waals surface area contributed by atoms with Crippen molar-refractivity contribution in [1.82, 2.24) is 26.3 Å². The predicted molar refractivity (Wildman–Crippen MR) is 219 cm³/mol. The number of fused-ring (bicyclic) bond motifs is 1. The monoisotopic (exact) mass is 825 g/mol. The minimum absolute atomic E-state index is 0.0567. The molecule has 1 heterocycles. The number of aliphatic hydroxyl groups excluding tert-OH is 1. The van der Waals surface area contributed by atoms with Gasteiger partial charge in [0.2, 0.25) is 17.7 Å². The lowest BCUT2D eigenvalue weighted by Crippen LogP contribution is -2.56. The van der Waals surface area contributed by atoms with Gasteiger partial charge in [0.1, 0.15) is 17.8 Å². The normalized spacial score (nSPS) is 16.7. The molecule has 1 aliphatic carbocycles. The third-order valence-corrected chi connectivity index (χ3v) is 11.4. The van der Waals surface area contributed by atoms with Crippen LogP contribution in [0.5, 0.6) is 5.75 Å². The number of rotatable bonds is 22. The Bertz CT molecular complexity index is 1830. The highest BCUT2D eigenvalue weighted by Gasteiger charge is 2.36. The van der Waals surface area contributed by atoms with E-state index in [4.69, 9.17) is 4.74 Å². The van der Waals surface area contributed by atoms with E-state index in [0.29, 0.717) is 24.3 Å². The van der Waals surface area contributed by atoms with Crippen LogP contribution in [0.25, 0.3) is 10.8 Å². The molecule has 0 aliphatic heterocycles. The topological polar surface area (TPSA) is 226 Å². The number of carbonyl (C=O) groups is 4. The first kappa shape index (κ1) is 46.3. The third-order valence-electron chi connectivity index (χ3n) is 10.9. The van der Waals surface area contributed by atoms with Gasteiger partial charge in [-0.3, -0.25) is 28.7 Å². The van der Waals surface area contributed by atoms with Gasteiger partial charge >= 0.3 is 7.82 Å². The fraction of sp³-hybridized carbons (Fsp3) is 0.548. The smallest absolute Gasteiger partial charge is 0.469 e. The van der Waals surface area contributed by atoms with Gasteiger partial charge in [0.25, 0.3) is 5.91 Å². The first-order chi connectivity index (χ1) is 27.6. The Balaban J connectivity index is 1.48. The fourth-order valence-electron chi connectivity index (χ4n) is 7.29. The lowest BCUT2D eigenvalue weighted by molar-refractivity contribution is -0.134. The number of aromatic nitrogens is 1. The van der Waals surface area contributed by atoms with Crippen LogP contribution in [0, 0.1) is 23.7 Å². The van der Waals surface area contributed by atoms with Gasteiger partial charge < -0.3 is 40.9 Å². The number of phosphoric ester groups is 1. The van der Waals surface area contributed by atoms with E-state index in [0.717, 1.165) is 42.9 Å². The zero-order chi connectivity index (χ0) is 42.2. The van der Waals surface area contributed by atoms with Gasteiger partial charge in [-0.2, -0.15) is 0 Å². The van der Waals surface area contributed by atoms with E-state index in [-0.39, 0.29) is 36.6 Å². The van der Waals surface area contributed by atoms with Crippen LogP contribution in [0.1, 0.15) is 84.8 Å². The minimum atomic E-state index is -5.05. The summed E-state index contributed by atoms with van der Waals surface area (Å²) < 4.78 is 22.1. The van der Waals surface area contributed by atoms with Crippen molar-refractivity contribution in [3.8, 4) is 5.75 Å². The van der Waals surface area contributed by atoms with Crippen molar-refractivity contribution in [2.45, 2.75) is 110 Å². The molecule has 4 rings (SSSR count). The van der Waals surface area contributed by atoms with Crippen LogP contribution < -0.4 is 26.0 Å². The summed E-state index contributed by atoms with van der Waals surface area (Å²) >= 11 is 0. The van der Waals surface area contributed by atoms with Crippen molar-refractivity contribution in [2.75, 3.05) is 13.2 Å². The highest BCUT2D eigenvalue weighted by Crippen LogP contribution is 2.36. The number of phosphoric acid groups is 1. The van der Waals surface area contributed by atoms with Gasteiger partial charge in [-0.15, -0.1) is 0 Å². The standard InChI is InChI=1S/C42H60N5O10P/c1-5-28(4)39(42(52)44-24-31-18-11-12-21-43-31)47-40(50)33(27(2)3)23-36(48)34(22-29-14-7-6-8-15-29)46-41(51)35(25-57-58(53,54)55)45-38(49)26-56-37-20-13-17-30-16-9-10-19-32(30)37/h9-13,16-21,27-29,33-36,39,48H,5-8,14-15,22-26H2,1-4H3,(H,44,52)(H,45,49)(H,46,51)(H,47,50)(H2,53,54,55)/t28-,33-,34-,35-,36-,39-/m0/s1. The van der Waals surface area contributed by atoms with Crippen molar-refractivity contribution >= 4 is 42.2 Å². The number of carbonyl (C=O) groups excluding carboxylic acids is 4. The van der Waals surface area contributed by atoms with Gasteiger partial charge in [-0.1, -0.05) is 109 Å². The van der Waals surface area contributed by atoms with Crippen LogP contribution in [0.2, 0.25) is 0 Å². The Morgan fingerprint density at radius 1 is 0.879 bits per heavy atom. The Labute approximate surface area is 340 Å². The number of nitrogens with zero attached hydrogens (tertiary/aromatic N) is 1. The number of pyridine rings is 1. The highest BCUT2D eigenvalue weighted by molar-refractivity contribution is 7.46. The second-order valence-corrected chi connectivity index (χ2v) is 16.8. The lowest BCUT2D eigenvalue weighted by atomic mass is 9.81. The minimum Gasteiger partial charge on any atom is -0.483 e. The molecule has 58 heavy (non-hydrogen) atoms. The molecule has 0 unspecified atom stereocenters. The van der Waals surface area contributed by atoms with E-state index in [9.17, 15) is 38.6 Å². The molecule has 0 spiro atoms. The molecule has 4 amide bonds. The molecule has 1 fully saturated rings. The Kier molecular flexibility index (Phi) is 18.1. The van der Waals surface area contributed by atoms with Crippen molar-refractivity contribution in [1.29, 1.82) is 0 Å². The maximum absolute atomic E-state index is 14.0. The number of ether oxygens (including phenoxy) is 1. The molecule has 15 nitrogen and oxygen atoms in total. The van der Waals surface area contributed by atoms with Crippen molar-refractivity contribution in [2.24, 2.45) is 23.7 Å². The number of benzene rings is 2. The first-order valence-corrected chi connectivity index (χ1v) is 21.7. The van der Waals surface area contributed by atoms with Crippen LogP contribution >= 0.6 is 7.82 Å².